The Balaban J connectivity index is 1.55. The number of hydrogen-bond donors (Lipinski definition) is 1. The molecular formula is C18H19ClN2O3S2. The fourth-order valence-corrected chi connectivity index (χ4v) is 6.05. The number of nitrogens with zero attached hydrogens (tertiary/aromatic N) is 1. The van der Waals surface area contributed by atoms with E-state index in [1.54, 1.807) is 24.3 Å². The smallest absolute Gasteiger partial charge is 0.271 e. The summed E-state index contributed by atoms with van der Waals surface area (Å²) in [6, 6.07) is 6.76. The number of sulfonamides is 1. The van der Waals surface area contributed by atoms with Gasteiger partial charge < -0.3 is 4.90 Å². The molecule has 0 atom stereocenters. The lowest BCUT2D eigenvalue weighted by molar-refractivity contribution is -0.133. The Morgan fingerprint density at radius 1 is 1.31 bits per heavy atom. The molecule has 1 amide bonds. The summed E-state index contributed by atoms with van der Waals surface area (Å²) in [6.07, 6.45) is 2.68. The first kappa shape index (κ1) is 17.8. The number of carbonyl (C=O) groups is 1. The van der Waals surface area contributed by atoms with E-state index in [1.165, 1.54) is 11.3 Å². The number of rotatable bonds is 4. The van der Waals surface area contributed by atoms with Crippen LogP contribution in [0.1, 0.15) is 28.8 Å². The third kappa shape index (κ3) is 3.48. The largest absolute Gasteiger partial charge is 0.338 e. The van der Waals surface area contributed by atoms with Crippen molar-refractivity contribution in [3.05, 3.63) is 45.3 Å². The van der Waals surface area contributed by atoms with E-state index in [0.29, 0.717) is 30.2 Å². The van der Waals surface area contributed by atoms with Crippen LogP contribution in [0, 0.1) is 12.8 Å². The summed E-state index contributed by atoms with van der Waals surface area (Å²) in [7, 11) is -3.66. The van der Waals surface area contributed by atoms with Crippen LogP contribution in [0.4, 0.5) is 5.69 Å². The van der Waals surface area contributed by atoms with Crippen LogP contribution >= 0.6 is 22.9 Å². The molecule has 2 aliphatic rings. The van der Waals surface area contributed by atoms with Gasteiger partial charge in [0.2, 0.25) is 5.91 Å². The summed E-state index contributed by atoms with van der Waals surface area (Å²) in [6.45, 7) is 2.99. The summed E-state index contributed by atoms with van der Waals surface area (Å²) >= 11 is 7.23. The van der Waals surface area contributed by atoms with Crippen molar-refractivity contribution in [1.82, 2.24) is 4.90 Å². The third-order valence-electron chi connectivity index (χ3n) is 4.78. The minimum atomic E-state index is -3.66. The van der Waals surface area contributed by atoms with Crippen molar-refractivity contribution >= 4 is 44.6 Å². The Hall–Kier alpha value is -1.57. The van der Waals surface area contributed by atoms with Crippen molar-refractivity contribution in [2.24, 2.45) is 5.92 Å². The SMILES string of the molecule is Cc1cc(Cl)ccc1NS(=O)(=O)c1cc2c(s1)CCN(C(=O)C1CC1)C2. The number of anilines is 1. The Morgan fingerprint density at radius 2 is 2.08 bits per heavy atom. The van der Waals surface area contributed by atoms with Gasteiger partial charge in [-0.3, -0.25) is 9.52 Å². The highest BCUT2D eigenvalue weighted by Gasteiger charge is 2.35. The number of aryl methyl sites for hydroxylation is 1. The third-order valence-corrected chi connectivity index (χ3v) is 8.09. The van der Waals surface area contributed by atoms with Crippen LogP contribution in [0.15, 0.2) is 28.5 Å². The molecule has 0 saturated heterocycles. The molecule has 1 N–H and O–H groups in total. The molecule has 1 aromatic carbocycles. The Morgan fingerprint density at radius 3 is 2.77 bits per heavy atom. The summed E-state index contributed by atoms with van der Waals surface area (Å²) in [5.74, 6) is 0.397. The zero-order valence-corrected chi connectivity index (χ0v) is 16.7. The Kier molecular flexibility index (Phi) is 4.49. The van der Waals surface area contributed by atoms with Crippen molar-refractivity contribution in [1.29, 1.82) is 0 Å². The van der Waals surface area contributed by atoms with Gasteiger partial charge in [0.15, 0.2) is 0 Å². The monoisotopic (exact) mass is 410 g/mol. The minimum absolute atomic E-state index is 0.188. The van der Waals surface area contributed by atoms with Gasteiger partial charge in [-0.05, 0) is 61.6 Å². The highest BCUT2D eigenvalue weighted by atomic mass is 35.5. The molecule has 1 fully saturated rings. The standard InChI is InChI=1S/C18H19ClN2O3S2/c1-11-8-14(19)4-5-15(11)20-26(23,24)17-9-13-10-21(7-6-16(13)25-17)18(22)12-2-3-12/h4-5,8-9,12,20H,2-3,6-7,10H2,1H3. The first-order valence-electron chi connectivity index (χ1n) is 8.53. The molecule has 0 radical (unpaired) electrons. The Labute approximate surface area is 162 Å². The lowest BCUT2D eigenvalue weighted by Crippen LogP contribution is -2.36. The average Bonchev–Trinajstić information content (AvgIpc) is 3.34. The lowest BCUT2D eigenvalue weighted by Gasteiger charge is -2.26. The van der Waals surface area contributed by atoms with Gasteiger partial charge >= 0.3 is 0 Å². The molecule has 0 bridgehead atoms. The zero-order valence-electron chi connectivity index (χ0n) is 14.3. The maximum atomic E-state index is 12.8. The van der Waals surface area contributed by atoms with Crippen molar-refractivity contribution in [3.8, 4) is 0 Å². The first-order chi connectivity index (χ1) is 12.3. The van der Waals surface area contributed by atoms with Gasteiger partial charge in [0.25, 0.3) is 10.0 Å². The highest BCUT2D eigenvalue weighted by Crippen LogP contribution is 2.36. The van der Waals surface area contributed by atoms with E-state index >= 15 is 0 Å². The molecule has 1 saturated carbocycles. The molecule has 138 valence electrons. The Bertz CT molecular complexity index is 980. The van der Waals surface area contributed by atoms with E-state index in [1.807, 2.05) is 11.8 Å². The van der Waals surface area contributed by atoms with Crippen LogP contribution in [-0.2, 0) is 27.8 Å². The number of thiophene rings is 1. The number of amides is 1. The predicted octanol–water partition coefficient (Wildman–Crippen LogP) is 3.81. The summed E-state index contributed by atoms with van der Waals surface area (Å²) in [5.41, 5.74) is 2.23. The van der Waals surface area contributed by atoms with Crippen molar-refractivity contribution in [2.45, 2.75) is 36.9 Å². The molecule has 0 unspecified atom stereocenters. The van der Waals surface area contributed by atoms with E-state index in [9.17, 15) is 13.2 Å². The van der Waals surface area contributed by atoms with Crippen LogP contribution in [0.25, 0.3) is 0 Å². The lowest BCUT2D eigenvalue weighted by atomic mass is 10.1. The number of benzene rings is 1. The van der Waals surface area contributed by atoms with Crippen molar-refractivity contribution in [2.75, 3.05) is 11.3 Å². The fraction of sp³-hybridized carbons (Fsp3) is 0.389. The van der Waals surface area contributed by atoms with Gasteiger partial charge in [-0.25, -0.2) is 8.42 Å². The van der Waals surface area contributed by atoms with Crippen LogP contribution in [-0.4, -0.2) is 25.8 Å². The maximum Gasteiger partial charge on any atom is 0.271 e. The van der Waals surface area contributed by atoms with Crippen molar-refractivity contribution < 1.29 is 13.2 Å². The normalized spacial score (nSPS) is 17.1. The van der Waals surface area contributed by atoms with Gasteiger partial charge in [0.05, 0.1) is 5.69 Å². The molecule has 26 heavy (non-hydrogen) atoms. The van der Waals surface area contributed by atoms with Gasteiger partial charge in [0, 0.05) is 28.9 Å². The minimum Gasteiger partial charge on any atom is -0.338 e. The van der Waals surface area contributed by atoms with E-state index in [2.05, 4.69) is 4.72 Å². The highest BCUT2D eigenvalue weighted by molar-refractivity contribution is 7.94. The molecule has 1 aromatic heterocycles. The average molecular weight is 411 g/mol. The molecule has 2 heterocycles. The van der Waals surface area contributed by atoms with Gasteiger partial charge in [-0.2, -0.15) is 0 Å². The molecule has 8 heteroatoms. The second kappa shape index (κ2) is 6.55. The number of carbonyl (C=O) groups excluding carboxylic acids is 1. The van der Waals surface area contributed by atoms with Crippen LogP contribution in [0.3, 0.4) is 0 Å². The van der Waals surface area contributed by atoms with Gasteiger partial charge in [-0.1, -0.05) is 11.6 Å². The molecule has 1 aliphatic carbocycles. The van der Waals surface area contributed by atoms with Gasteiger partial charge in [0.1, 0.15) is 4.21 Å². The van der Waals surface area contributed by atoms with E-state index in [0.717, 1.165) is 28.8 Å². The first-order valence-corrected chi connectivity index (χ1v) is 11.2. The van der Waals surface area contributed by atoms with Gasteiger partial charge in [-0.15, -0.1) is 11.3 Å². The number of fused-ring (bicyclic) bond motifs is 1. The van der Waals surface area contributed by atoms with Crippen molar-refractivity contribution in [3.63, 3.8) is 0 Å². The maximum absolute atomic E-state index is 12.8. The summed E-state index contributed by atoms with van der Waals surface area (Å²) < 4.78 is 28.5. The van der Waals surface area contributed by atoms with E-state index < -0.39 is 10.0 Å². The van der Waals surface area contributed by atoms with Crippen LogP contribution < -0.4 is 4.72 Å². The van der Waals surface area contributed by atoms with Crippen LogP contribution in [0.5, 0.6) is 0 Å². The molecule has 2 aromatic rings. The molecular weight excluding hydrogens is 392 g/mol. The number of nitrogens with one attached hydrogen (secondary N) is 1. The molecule has 1 aliphatic heterocycles. The number of hydrogen-bond acceptors (Lipinski definition) is 4. The summed E-state index contributed by atoms with van der Waals surface area (Å²) in [4.78, 5) is 15.2. The fourth-order valence-electron chi connectivity index (χ4n) is 3.15. The van der Waals surface area contributed by atoms with E-state index in [-0.39, 0.29) is 16.0 Å². The molecule has 0 spiro atoms. The summed E-state index contributed by atoms with van der Waals surface area (Å²) in [5, 5.41) is 0.567. The topological polar surface area (TPSA) is 66.5 Å². The molecule has 4 rings (SSSR count). The van der Waals surface area contributed by atoms with Crippen LogP contribution in [0.2, 0.25) is 5.02 Å². The quantitative estimate of drug-likeness (QED) is 0.833. The molecule has 5 nitrogen and oxygen atoms in total. The zero-order chi connectivity index (χ0) is 18.5. The number of halogens is 1. The predicted molar refractivity (Wildman–Crippen MR) is 103 cm³/mol. The van der Waals surface area contributed by atoms with E-state index in [4.69, 9.17) is 11.6 Å². The second-order valence-corrected chi connectivity index (χ2v) is 10.3. The second-order valence-electron chi connectivity index (χ2n) is 6.86.